The Bertz CT molecular complexity index is 1130. The Morgan fingerprint density at radius 3 is 2.79 bits per heavy atom. The van der Waals surface area contributed by atoms with Crippen molar-refractivity contribution in [3.8, 4) is 11.3 Å². The summed E-state index contributed by atoms with van der Waals surface area (Å²) in [4.78, 5) is 31.4. The van der Waals surface area contributed by atoms with Gasteiger partial charge in [-0.2, -0.15) is 0 Å². The molecule has 1 saturated heterocycles. The maximum atomic E-state index is 13.3. The normalized spacial score (nSPS) is 15.3. The van der Waals surface area contributed by atoms with Crippen molar-refractivity contribution >= 4 is 35.0 Å². The van der Waals surface area contributed by atoms with Crippen molar-refractivity contribution < 1.29 is 18.8 Å². The van der Waals surface area contributed by atoms with Crippen LogP contribution in [0.3, 0.4) is 0 Å². The number of hydrogen-bond donors (Lipinski definition) is 1. The smallest absolute Gasteiger partial charge is 0.276 e. The summed E-state index contributed by atoms with van der Waals surface area (Å²) in [5.41, 5.74) is 1.48. The van der Waals surface area contributed by atoms with E-state index in [-0.39, 0.29) is 36.6 Å². The standard InChI is InChI=1S/C24H24Cl2N4O4/c25-16-6-7-19(20(26)12-16)22-13-21(29-34-22)24(32)30(15-18-5-3-11-33-18)10-8-23(31)28-14-17-4-1-2-9-27-17/h1-2,4,6-7,9,12-13,18H,3,5,8,10-11,14-15H2,(H,28,31)/t18-/m1/s1. The first kappa shape index (κ1) is 24.2. The summed E-state index contributed by atoms with van der Waals surface area (Å²) >= 11 is 12.2. The maximum absolute atomic E-state index is 13.3. The highest BCUT2D eigenvalue weighted by Gasteiger charge is 2.26. The minimum atomic E-state index is -0.340. The third-order valence-corrected chi connectivity index (χ3v) is 6.01. The number of hydrogen-bond acceptors (Lipinski definition) is 6. The first-order valence-corrected chi connectivity index (χ1v) is 11.7. The van der Waals surface area contributed by atoms with E-state index in [0.29, 0.717) is 41.1 Å². The summed E-state index contributed by atoms with van der Waals surface area (Å²) in [7, 11) is 0. The second-order valence-electron chi connectivity index (χ2n) is 7.93. The van der Waals surface area contributed by atoms with E-state index in [1.165, 1.54) is 0 Å². The van der Waals surface area contributed by atoms with Gasteiger partial charge >= 0.3 is 0 Å². The van der Waals surface area contributed by atoms with E-state index in [1.807, 2.05) is 18.2 Å². The molecule has 3 heterocycles. The number of pyridine rings is 1. The van der Waals surface area contributed by atoms with E-state index < -0.39 is 0 Å². The molecule has 178 valence electrons. The lowest BCUT2D eigenvalue weighted by Gasteiger charge is -2.24. The number of nitrogens with one attached hydrogen (secondary N) is 1. The van der Waals surface area contributed by atoms with E-state index in [4.69, 9.17) is 32.5 Å². The predicted molar refractivity (Wildman–Crippen MR) is 128 cm³/mol. The van der Waals surface area contributed by atoms with Gasteiger partial charge in [0.2, 0.25) is 5.91 Å². The van der Waals surface area contributed by atoms with Crippen molar-refractivity contribution in [2.75, 3.05) is 19.7 Å². The lowest BCUT2D eigenvalue weighted by Crippen LogP contribution is -2.40. The topological polar surface area (TPSA) is 97.6 Å². The Balaban J connectivity index is 1.42. The van der Waals surface area contributed by atoms with Gasteiger partial charge in [-0.1, -0.05) is 34.4 Å². The zero-order chi connectivity index (χ0) is 23.9. The molecule has 4 rings (SSSR count). The summed E-state index contributed by atoms with van der Waals surface area (Å²) < 4.78 is 11.1. The maximum Gasteiger partial charge on any atom is 0.276 e. The molecule has 2 aromatic heterocycles. The van der Waals surface area contributed by atoms with Crippen molar-refractivity contribution in [3.05, 3.63) is 70.1 Å². The van der Waals surface area contributed by atoms with Crippen molar-refractivity contribution in [1.82, 2.24) is 20.4 Å². The van der Waals surface area contributed by atoms with E-state index in [9.17, 15) is 9.59 Å². The molecule has 0 unspecified atom stereocenters. The Morgan fingerprint density at radius 2 is 2.06 bits per heavy atom. The number of rotatable bonds is 9. The number of aromatic nitrogens is 2. The molecule has 0 radical (unpaired) electrons. The predicted octanol–water partition coefficient (Wildman–Crippen LogP) is 4.37. The monoisotopic (exact) mass is 502 g/mol. The van der Waals surface area contributed by atoms with Gasteiger partial charge in [-0.15, -0.1) is 0 Å². The van der Waals surface area contributed by atoms with E-state index in [1.54, 1.807) is 35.4 Å². The highest BCUT2D eigenvalue weighted by Crippen LogP contribution is 2.31. The first-order valence-electron chi connectivity index (χ1n) is 11.0. The van der Waals surface area contributed by atoms with Crippen LogP contribution < -0.4 is 5.32 Å². The van der Waals surface area contributed by atoms with Crippen LogP contribution >= 0.6 is 23.2 Å². The molecule has 10 heteroatoms. The van der Waals surface area contributed by atoms with Crippen LogP contribution in [0.2, 0.25) is 10.0 Å². The quantitative estimate of drug-likeness (QED) is 0.466. The Labute approximate surface area is 207 Å². The van der Waals surface area contributed by atoms with Gasteiger partial charge in [0.25, 0.3) is 5.91 Å². The van der Waals surface area contributed by atoms with Crippen LogP contribution in [-0.4, -0.2) is 52.7 Å². The lowest BCUT2D eigenvalue weighted by atomic mass is 10.1. The highest BCUT2D eigenvalue weighted by molar-refractivity contribution is 6.36. The highest BCUT2D eigenvalue weighted by atomic mass is 35.5. The Morgan fingerprint density at radius 1 is 1.18 bits per heavy atom. The molecule has 3 aromatic rings. The van der Waals surface area contributed by atoms with Crippen LogP contribution in [-0.2, 0) is 16.1 Å². The molecule has 2 amide bonds. The molecule has 1 fully saturated rings. The lowest BCUT2D eigenvalue weighted by molar-refractivity contribution is -0.121. The van der Waals surface area contributed by atoms with Gasteiger partial charge in [-0.3, -0.25) is 14.6 Å². The molecular formula is C24H24Cl2N4O4. The minimum Gasteiger partial charge on any atom is -0.376 e. The van der Waals surface area contributed by atoms with Crippen molar-refractivity contribution in [2.24, 2.45) is 0 Å². The fourth-order valence-electron chi connectivity index (χ4n) is 3.68. The number of halogens is 2. The van der Waals surface area contributed by atoms with Crippen LogP contribution in [0.4, 0.5) is 0 Å². The van der Waals surface area contributed by atoms with Gasteiger partial charge in [0.15, 0.2) is 11.5 Å². The fourth-order valence-corrected chi connectivity index (χ4v) is 4.18. The third kappa shape index (κ3) is 6.34. The summed E-state index contributed by atoms with van der Waals surface area (Å²) in [6.07, 6.45) is 3.55. The molecule has 1 aliphatic heterocycles. The Hall–Kier alpha value is -2.94. The summed E-state index contributed by atoms with van der Waals surface area (Å²) in [6, 6.07) is 12.0. The average molecular weight is 503 g/mol. The first-order chi connectivity index (χ1) is 16.5. The van der Waals surface area contributed by atoms with Crippen molar-refractivity contribution in [3.63, 3.8) is 0 Å². The minimum absolute atomic E-state index is 0.0717. The van der Waals surface area contributed by atoms with E-state index in [2.05, 4.69) is 15.5 Å². The van der Waals surface area contributed by atoms with Gasteiger partial charge in [-0.25, -0.2) is 0 Å². The second kappa shape index (κ2) is 11.5. The van der Waals surface area contributed by atoms with Crippen LogP contribution in [0.15, 0.2) is 53.2 Å². The van der Waals surface area contributed by atoms with Gasteiger partial charge in [-0.05, 0) is 43.2 Å². The molecule has 0 aliphatic carbocycles. The summed E-state index contributed by atoms with van der Waals surface area (Å²) in [5, 5.41) is 7.67. The molecule has 0 saturated carbocycles. The van der Waals surface area contributed by atoms with Crippen LogP contribution in [0.25, 0.3) is 11.3 Å². The molecule has 1 N–H and O–H groups in total. The second-order valence-corrected chi connectivity index (χ2v) is 8.78. The van der Waals surface area contributed by atoms with Gasteiger partial charge < -0.3 is 19.5 Å². The molecule has 0 bridgehead atoms. The molecule has 1 atom stereocenters. The Kier molecular flexibility index (Phi) is 8.16. The molecule has 34 heavy (non-hydrogen) atoms. The zero-order valence-corrected chi connectivity index (χ0v) is 19.9. The molecule has 1 aromatic carbocycles. The van der Waals surface area contributed by atoms with Crippen LogP contribution in [0, 0.1) is 0 Å². The van der Waals surface area contributed by atoms with E-state index in [0.717, 1.165) is 18.5 Å². The molecule has 0 spiro atoms. The number of carbonyl (C=O) groups excluding carboxylic acids is 2. The SMILES string of the molecule is O=C(CCN(C[C@H]1CCCO1)C(=O)c1cc(-c2ccc(Cl)cc2Cl)on1)NCc1ccccn1. The van der Waals surface area contributed by atoms with Gasteiger partial charge in [0, 0.05) is 49.0 Å². The van der Waals surface area contributed by atoms with E-state index >= 15 is 0 Å². The largest absolute Gasteiger partial charge is 0.376 e. The molecule has 8 nitrogen and oxygen atoms in total. The average Bonchev–Trinajstić information content (AvgIpc) is 3.53. The number of benzene rings is 1. The zero-order valence-electron chi connectivity index (χ0n) is 18.4. The number of amides is 2. The number of nitrogens with zero attached hydrogens (tertiary/aromatic N) is 3. The fraction of sp³-hybridized carbons (Fsp3) is 0.333. The molecule has 1 aliphatic rings. The summed E-state index contributed by atoms with van der Waals surface area (Å²) in [6.45, 7) is 1.58. The van der Waals surface area contributed by atoms with Crippen LogP contribution in [0.1, 0.15) is 35.4 Å². The third-order valence-electron chi connectivity index (χ3n) is 5.46. The molecular weight excluding hydrogens is 479 g/mol. The van der Waals surface area contributed by atoms with Gasteiger partial charge in [0.05, 0.1) is 23.4 Å². The number of carbonyl (C=O) groups is 2. The summed E-state index contributed by atoms with van der Waals surface area (Å²) in [5.74, 6) is -0.159. The van der Waals surface area contributed by atoms with Crippen molar-refractivity contribution in [2.45, 2.75) is 31.9 Å². The van der Waals surface area contributed by atoms with Gasteiger partial charge in [0.1, 0.15) is 0 Å². The number of ether oxygens (including phenoxy) is 1. The van der Waals surface area contributed by atoms with Crippen molar-refractivity contribution in [1.29, 1.82) is 0 Å². The van der Waals surface area contributed by atoms with Crippen LogP contribution in [0.5, 0.6) is 0 Å².